The van der Waals surface area contributed by atoms with Crippen molar-refractivity contribution in [1.82, 2.24) is 4.90 Å². The summed E-state index contributed by atoms with van der Waals surface area (Å²) < 4.78 is 26.6. The van der Waals surface area contributed by atoms with Crippen LogP contribution >= 0.6 is 0 Å². The van der Waals surface area contributed by atoms with Gasteiger partial charge in [-0.15, -0.1) is 0 Å². The van der Waals surface area contributed by atoms with E-state index in [1.165, 1.54) is 12.5 Å². The number of piperidine rings is 1. The van der Waals surface area contributed by atoms with Crippen LogP contribution in [0.15, 0.2) is 18.2 Å². The van der Waals surface area contributed by atoms with E-state index in [1.54, 1.807) is 0 Å². The van der Waals surface area contributed by atoms with Crippen LogP contribution in [0.25, 0.3) is 0 Å². The molecule has 1 heterocycles. The second kappa shape index (κ2) is 5.37. The molecule has 0 N–H and O–H groups in total. The van der Waals surface area contributed by atoms with Crippen molar-refractivity contribution < 1.29 is 13.6 Å². The minimum absolute atomic E-state index is 0.0306. The maximum absolute atomic E-state index is 13.7. The second-order valence-corrected chi connectivity index (χ2v) is 5.56. The molecule has 1 aliphatic heterocycles. The van der Waals surface area contributed by atoms with Crippen LogP contribution in [0, 0.1) is 11.6 Å². The van der Waals surface area contributed by atoms with Gasteiger partial charge in [0.2, 0.25) is 0 Å². The van der Waals surface area contributed by atoms with E-state index in [9.17, 15) is 13.6 Å². The molecule has 1 aromatic carbocycles. The summed E-state index contributed by atoms with van der Waals surface area (Å²) in [6.07, 6.45) is 3.29. The van der Waals surface area contributed by atoms with Gasteiger partial charge in [-0.3, -0.25) is 9.69 Å². The third kappa shape index (κ3) is 2.84. The van der Waals surface area contributed by atoms with Crippen molar-refractivity contribution in [3.8, 4) is 0 Å². The number of ketones is 1. The summed E-state index contributed by atoms with van der Waals surface area (Å²) in [5.74, 6) is -1.73. The minimum atomic E-state index is -0.782. The first-order chi connectivity index (χ1) is 8.93. The number of hydrogen-bond donors (Lipinski definition) is 0. The Hall–Kier alpha value is -1.29. The van der Waals surface area contributed by atoms with Crippen LogP contribution in [0.3, 0.4) is 0 Å². The molecule has 0 saturated carbocycles. The number of likely N-dealkylation sites (tertiary alicyclic amines) is 1. The molecule has 2 nitrogen and oxygen atoms in total. The predicted molar refractivity (Wildman–Crippen MR) is 70.2 cm³/mol. The Balaban J connectivity index is 2.26. The van der Waals surface area contributed by atoms with Crippen LogP contribution in [0.4, 0.5) is 8.78 Å². The van der Waals surface area contributed by atoms with Gasteiger partial charge in [-0.25, -0.2) is 8.78 Å². The molecule has 104 valence electrons. The topological polar surface area (TPSA) is 20.3 Å². The summed E-state index contributed by atoms with van der Waals surface area (Å²) in [5, 5.41) is 0. The lowest BCUT2D eigenvalue weighted by Crippen LogP contribution is -2.52. The minimum Gasteiger partial charge on any atom is -0.292 e. The molecule has 0 spiro atoms. The number of rotatable bonds is 3. The summed E-state index contributed by atoms with van der Waals surface area (Å²) in [6.45, 7) is 5.32. The van der Waals surface area contributed by atoms with Crippen LogP contribution in [0.5, 0.6) is 0 Å². The van der Waals surface area contributed by atoms with Crippen LogP contribution < -0.4 is 0 Å². The molecule has 1 fully saturated rings. The first-order valence-electron chi connectivity index (χ1n) is 6.68. The van der Waals surface area contributed by atoms with Gasteiger partial charge in [0.15, 0.2) is 5.78 Å². The summed E-state index contributed by atoms with van der Waals surface area (Å²) in [7, 11) is 0. The standard InChI is InChI=1S/C15H19F2NO/c1-15(2,18-8-4-3-5-9-18)14(19)12-7-6-11(16)10-13(12)17/h6-7,10H,3-5,8-9H2,1-2H3. The van der Waals surface area contributed by atoms with Crippen LogP contribution in [0.1, 0.15) is 43.5 Å². The fraction of sp³-hybridized carbons (Fsp3) is 0.533. The van der Waals surface area contributed by atoms with E-state index in [0.29, 0.717) is 0 Å². The summed E-state index contributed by atoms with van der Waals surface area (Å²) in [4.78, 5) is 14.6. The van der Waals surface area contributed by atoms with E-state index in [-0.39, 0.29) is 11.3 Å². The van der Waals surface area contributed by atoms with Crippen molar-refractivity contribution in [2.24, 2.45) is 0 Å². The van der Waals surface area contributed by atoms with Crippen molar-refractivity contribution in [2.45, 2.75) is 38.6 Å². The third-order valence-corrected chi connectivity index (χ3v) is 3.88. The Labute approximate surface area is 112 Å². The largest absolute Gasteiger partial charge is 0.292 e. The zero-order valence-corrected chi connectivity index (χ0v) is 11.4. The van der Waals surface area contributed by atoms with Crippen molar-refractivity contribution in [1.29, 1.82) is 0 Å². The van der Waals surface area contributed by atoms with Crippen molar-refractivity contribution >= 4 is 5.78 Å². The monoisotopic (exact) mass is 267 g/mol. The molecule has 0 amide bonds. The first kappa shape index (κ1) is 14.1. The molecule has 0 bridgehead atoms. The quantitative estimate of drug-likeness (QED) is 0.782. The van der Waals surface area contributed by atoms with Gasteiger partial charge >= 0.3 is 0 Å². The van der Waals surface area contributed by atoms with E-state index in [0.717, 1.165) is 38.1 Å². The third-order valence-electron chi connectivity index (χ3n) is 3.88. The van der Waals surface area contributed by atoms with Crippen molar-refractivity contribution in [3.63, 3.8) is 0 Å². The highest BCUT2D eigenvalue weighted by Crippen LogP contribution is 2.25. The van der Waals surface area contributed by atoms with Crippen molar-refractivity contribution in [2.75, 3.05) is 13.1 Å². The Morgan fingerprint density at radius 2 is 1.79 bits per heavy atom. The number of carbonyl (C=O) groups excluding carboxylic acids is 1. The Morgan fingerprint density at radius 1 is 1.16 bits per heavy atom. The maximum atomic E-state index is 13.7. The molecule has 1 saturated heterocycles. The van der Waals surface area contributed by atoms with Gasteiger partial charge in [0.25, 0.3) is 0 Å². The van der Waals surface area contributed by atoms with Gasteiger partial charge in [-0.2, -0.15) is 0 Å². The lowest BCUT2D eigenvalue weighted by atomic mass is 9.89. The van der Waals surface area contributed by atoms with Gasteiger partial charge in [0.05, 0.1) is 11.1 Å². The highest BCUT2D eigenvalue weighted by Gasteiger charge is 2.36. The predicted octanol–water partition coefficient (Wildman–Crippen LogP) is 3.41. The molecule has 0 atom stereocenters. The fourth-order valence-corrected chi connectivity index (χ4v) is 2.60. The number of halogens is 2. The highest BCUT2D eigenvalue weighted by molar-refractivity contribution is 6.02. The molecule has 19 heavy (non-hydrogen) atoms. The smallest absolute Gasteiger partial charge is 0.185 e. The molecule has 0 aromatic heterocycles. The Bertz CT molecular complexity index is 479. The number of benzene rings is 1. The molecular weight excluding hydrogens is 248 g/mol. The lowest BCUT2D eigenvalue weighted by Gasteiger charge is -2.39. The average Bonchev–Trinajstić information content (AvgIpc) is 2.39. The van der Waals surface area contributed by atoms with E-state index < -0.39 is 17.2 Å². The molecule has 0 radical (unpaired) electrons. The molecule has 1 aliphatic rings. The molecule has 0 aliphatic carbocycles. The summed E-state index contributed by atoms with van der Waals surface area (Å²) in [5.41, 5.74) is -0.781. The highest BCUT2D eigenvalue weighted by atomic mass is 19.1. The van der Waals surface area contributed by atoms with Gasteiger partial charge in [-0.1, -0.05) is 6.42 Å². The molecular formula is C15H19F2NO. The van der Waals surface area contributed by atoms with E-state index in [2.05, 4.69) is 4.90 Å². The number of nitrogens with zero attached hydrogens (tertiary/aromatic N) is 1. The normalized spacial score (nSPS) is 17.5. The van der Waals surface area contributed by atoms with E-state index in [1.807, 2.05) is 13.8 Å². The Kier molecular flexibility index (Phi) is 3.99. The van der Waals surface area contributed by atoms with Crippen LogP contribution in [0.2, 0.25) is 0 Å². The number of hydrogen-bond acceptors (Lipinski definition) is 2. The average molecular weight is 267 g/mol. The van der Waals surface area contributed by atoms with Crippen LogP contribution in [-0.4, -0.2) is 29.3 Å². The molecule has 1 aromatic rings. The van der Waals surface area contributed by atoms with Gasteiger partial charge in [0, 0.05) is 6.07 Å². The van der Waals surface area contributed by atoms with Gasteiger partial charge < -0.3 is 0 Å². The molecule has 0 unspecified atom stereocenters. The summed E-state index contributed by atoms with van der Waals surface area (Å²) in [6, 6.07) is 3.13. The maximum Gasteiger partial charge on any atom is 0.185 e. The lowest BCUT2D eigenvalue weighted by molar-refractivity contribution is 0.0575. The Morgan fingerprint density at radius 3 is 2.37 bits per heavy atom. The summed E-state index contributed by atoms with van der Waals surface area (Å²) >= 11 is 0. The fourth-order valence-electron chi connectivity index (χ4n) is 2.60. The van der Waals surface area contributed by atoms with Gasteiger partial charge in [0.1, 0.15) is 11.6 Å². The van der Waals surface area contributed by atoms with E-state index in [4.69, 9.17) is 0 Å². The number of carbonyl (C=O) groups is 1. The van der Waals surface area contributed by atoms with Crippen LogP contribution in [-0.2, 0) is 0 Å². The van der Waals surface area contributed by atoms with E-state index >= 15 is 0 Å². The SMILES string of the molecule is CC(C)(C(=O)c1ccc(F)cc1F)N1CCCCC1. The zero-order valence-electron chi connectivity index (χ0n) is 11.4. The number of Topliss-reactive ketones (excluding diaryl/α,β-unsaturated/α-hetero) is 1. The molecule has 2 rings (SSSR count). The second-order valence-electron chi connectivity index (χ2n) is 5.56. The molecule has 4 heteroatoms. The zero-order chi connectivity index (χ0) is 14.0. The van der Waals surface area contributed by atoms with Gasteiger partial charge in [-0.05, 0) is 51.9 Å². The first-order valence-corrected chi connectivity index (χ1v) is 6.68. The van der Waals surface area contributed by atoms with Crippen molar-refractivity contribution in [3.05, 3.63) is 35.4 Å².